The smallest absolute Gasteiger partial charge is 0.337 e. The highest BCUT2D eigenvalue weighted by molar-refractivity contribution is 9.11. The lowest BCUT2D eigenvalue weighted by molar-refractivity contribution is -0.147. The first-order valence-electron chi connectivity index (χ1n) is 3.38. The van der Waals surface area contributed by atoms with Gasteiger partial charge in [0.2, 0.25) is 0 Å². The van der Waals surface area contributed by atoms with E-state index in [0.29, 0.717) is 10.0 Å². The first kappa shape index (κ1) is 10.7. The van der Waals surface area contributed by atoms with E-state index in [9.17, 15) is 9.90 Å². The van der Waals surface area contributed by atoms with Crippen molar-refractivity contribution < 1.29 is 15.0 Å². The lowest BCUT2D eigenvalue weighted by Crippen LogP contribution is -2.10. The van der Waals surface area contributed by atoms with Crippen molar-refractivity contribution in [3.05, 3.63) is 32.7 Å². The highest BCUT2D eigenvalue weighted by Crippen LogP contribution is 2.26. The molecule has 1 unspecified atom stereocenters. The summed E-state index contributed by atoms with van der Waals surface area (Å²) >= 11 is 6.39. The Hall–Kier alpha value is -0.390. The fourth-order valence-corrected chi connectivity index (χ4v) is 2.12. The van der Waals surface area contributed by atoms with Crippen LogP contribution >= 0.6 is 31.9 Å². The first-order chi connectivity index (χ1) is 6.02. The van der Waals surface area contributed by atoms with Crippen molar-refractivity contribution in [1.82, 2.24) is 0 Å². The van der Waals surface area contributed by atoms with E-state index in [1.807, 2.05) is 0 Å². The normalized spacial score (nSPS) is 12.5. The van der Waals surface area contributed by atoms with Gasteiger partial charge in [-0.05, 0) is 12.1 Å². The molecule has 0 spiro atoms. The van der Waals surface area contributed by atoms with E-state index in [0.717, 1.165) is 4.47 Å². The van der Waals surface area contributed by atoms with Crippen molar-refractivity contribution in [2.75, 3.05) is 0 Å². The van der Waals surface area contributed by atoms with Crippen LogP contribution in [0.15, 0.2) is 27.1 Å². The van der Waals surface area contributed by atoms with E-state index in [1.54, 1.807) is 18.2 Å². The number of aliphatic hydroxyl groups excluding tert-OH is 1. The maximum absolute atomic E-state index is 10.5. The standard InChI is InChI=1S/C8H6Br2O3/c9-4-1-2-5(6(10)3-4)7(11)8(12)13/h1-3,7,11H,(H,12,13). The number of benzene rings is 1. The molecule has 0 aliphatic carbocycles. The molecule has 70 valence electrons. The third-order valence-corrected chi connectivity index (χ3v) is 2.67. The quantitative estimate of drug-likeness (QED) is 0.881. The zero-order valence-electron chi connectivity index (χ0n) is 6.37. The van der Waals surface area contributed by atoms with Crippen LogP contribution < -0.4 is 0 Å². The monoisotopic (exact) mass is 308 g/mol. The summed E-state index contributed by atoms with van der Waals surface area (Å²) in [5.41, 5.74) is 0.343. The molecule has 0 aliphatic heterocycles. The second-order valence-electron chi connectivity index (χ2n) is 2.41. The third-order valence-electron chi connectivity index (χ3n) is 1.49. The van der Waals surface area contributed by atoms with Gasteiger partial charge in [-0.2, -0.15) is 0 Å². The average molecular weight is 310 g/mol. The maximum Gasteiger partial charge on any atom is 0.337 e. The first-order valence-corrected chi connectivity index (χ1v) is 4.97. The minimum Gasteiger partial charge on any atom is -0.479 e. The van der Waals surface area contributed by atoms with E-state index in [-0.39, 0.29) is 0 Å². The maximum atomic E-state index is 10.5. The van der Waals surface area contributed by atoms with Crippen LogP contribution in [0.25, 0.3) is 0 Å². The summed E-state index contributed by atoms with van der Waals surface area (Å²) in [5, 5.41) is 17.8. The summed E-state index contributed by atoms with van der Waals surface area (Å²) in [4.78, 5) is 10.5. The van der Waals surface area contributed by atoms with Crippen molar-refractivity contribution in [2.24, 2.45) is 0 Å². The summed E-state index contributed by atoms with van der Waals surface area (Å²) in [6, 6.07) is 4.90. The minimum atomic E-state index is -1.48. The van der Waals surface area contributed by atoms with Gasteiger partial charge in [0.25, 0.3) is 0 Å². The van der Waals surface area contributed by atoms with Crippen molar-refractivity contribution in [2.45, 2.75) is 6.10 Å². The highest BCUT2D eigenvalue weighted by Gasteiger charge is 2.18. The molecular weight excluding hydrogens is 304 g/mol. The Labute approximate surface area is 91.6 Å². The minimum absolute atomic E-state index is 0.343. The Morgan fingerprint density at radius 1 is 1.38 bits per heavy atom. The largest absolute Gasteiger partial charge is 0.479 e. The summed E-state index contributed by atoms with van der Waals surface area (Å²) in [7, 11) is 0. The van der Waals surface area contributed by atoms with Gasteiger partial charge in [0.15, 0.2) is 6.10 Å². The zero-order chi connectivity index (χ0) is 10.0. The van der Waals surface area contributed by atoms with Gasteiger partial charge in [-0.15, -0.1) is 0 Å². The molecule has 2 N–H and O–H groups in total. The van der Waals surface area contributed by atoms with E-state index in [2.05, 4.69) is 31.9 Å². The van der Waals surface area contributed by atoms with E-state index >= 15 is 0 Å². The number of rotatable bonds is 2. The van der Waals surface area contributed by atoms with Crippen LogP contribution in [0.1, 0.15) is 11.7 Å². The Kier molecular flexibility index (Phi) is 3.47. The predicted octanol–water partition coefficient (Wildman–Crippen LogP) is 2.33. The summed E-state index contributed by atoms with van der Waals surface area (Å²) in [6.45, 7) is 0. The molecule has 3 nitrogen and oxygen atoms in total. The molecule has 0 saturated carbocycles. The molecule has 5 heteroatoms. The van der Waals surface area contributed by atoms with E-state index in [4.69, 9.17) is 5.11 Å². The summed E-state index contributed by atoms with van der Waals surface area (Å²) < 4.78 is 1.39. The number of hydrogen-bond donors (Lipinski definition) is 2. The molecule has 0 bridgehead atoms. The molecule has 1 atom stereocenters. The van der Waals surface area contributed by atoms with Gasteiger partial charge in [-0.3, -0.25) is 0 Å². The third kappa shape index (κ3) is 2.52. The molecule has 0 amide bonds. The van der Waals surface area contributed by atoms with Gasteiger partial charge >= 0.3 is 5.97 Å². The van der Waals surface area contributed by atoms with Crippen LogP contribution in [0.3, 0.4) is 0 Å². The average Bonchev–Trinajstić information content (AvgIpc) is 2.03. The molecule has 13 heavy (non-hydrogen) atoms. The number of carboxylic acid groups (broad SMARTS) is 1. The highest BCUT2D eigenvalue weighted by atomic mass is 79.9. The van der Waals surface area contributed by atoms with Crippen molar-refractivity contribution in [3.63, 3.8) is 0 Å². The molecule has 0 radical (unpaired) electrons. The van der Waals surface area contributed by atoms with Gasteiger partial charge in [0.1, 0.15) is 0 Å². The molecule has 0 heterocycles. The Morgan fingerprint density at radius 3 is 2.46 bits per heavy atom. The van der Waals surface area contributed by atoms with Crippen LogP contribution in [-0.4, -0.2) is 16.2 Å². The Morgan fingerprint density at radius 2 is 2.00 bits per heavy atom. The topological polar surface area (TPSA) is 57.5 Å². The van der Waals surface area contributed by atoms with Crippen LogP contribution in [0.4, 0.5) is 0 Å². The van der Waals surface area contributed by atoms with Gasteiger partial charge < -0.3 is 10.2 Å². The fraction of sp³-hybridized carbons (Fsp3) is 0.125. The fourth-order valence-electron chi connectivity index (χ4n) is 0.856. The van der Waals surface area contributed by atoms with Crippen molar-refractivity contribution in [3.8, 4) is 0 Å². The van der Waals surface area contributed by atoms with Crippen LogP contribution in [0.2, 0.25) is 0 Å². The second-order valence-corrected chi connectivity index (χ2v) is 4.18. The number of hydrogen-bond acceptors (Lipinski definition) is 2. The number of carboxylic acids is 1. The second kappa shape index (κ2) is 4.21. The number of aliphatic hydroxyl groups is 1. The van der Waals surface area contributed by atoms with Gasteiger partial charge in [-0.1, -0.05) is 37.9 Å². The number of aliphatic carboxylic acids is 1. The molecule has 0 saturated heterocycles. The molecule has 1 aromatic carbocycles. The Bertz CT molecular complexity index is 338. The van der Waals surface area contributed by atoms with Gasteiger partial charge in [0.05, 0.1) is 0 Å². The number of carbonyl (C=O) groups is 1. The van der Waals surface area contributed by atoms with Crippen molar-refractivity contribution >= 4 is 37.8 Å². The zero-order valence-corrected chi connectivity index (χ0v) is 9.54. The lowest BCUT2D eigenvalue weighted by atomic mass is 10.1. The molecule has 0 fully saturated rings. The molecule has 0 aliphatic rings. The van der Waals surface area contributed by atoms with E-state index < -0.39 is 12.1 Å². The number of halogens is 2. The molecular formula is C8H6Br2O3. The van der Waals surface area contributed by atoms with Crippen LogP contribution in [0.5, 0.6) is 0 Å². The summed E-state index contributed by atoms with van der Waals surface area (Å²) in [5.74, 6) is -1.26. The van der Waals surface area contributed by atoms with Gasteiger partial charge in [-0.25, -0.2) is 4.79 Å². The Balaban J connectivity index is 3.08. The van der Waals surface area contributed by atoms with Crippen molar-refractivity contribution in [1.29, 1.82) is 0 Å². The van der Waals surface area contributed by atoms with E-state index in [1.165, 1.54) is 0 Å². The van der Waals surface area contributed by atoms with Crippen LogP contribution in [0, 0.1) is 0 Å². The molecule has 1 rings (SSSR count). The SMILES string of the molecule is O=C(O)C(O)c1ccc(Br)cc1Br. The lowest BCUT2D eigenvalue weighted by Gasteiger charge is -2.07. The predicted molar refractivity (Wildman–Crippen MR) is 54.4 cm³/mol. The summed E-state index contributed by atoms with van der Waals surface area (Å²) in [6.07, 6.45) is -1.48. The van der Waals surface area contributed by atoms with Gasteiger partial charge in [0, 0.05) is 14.5 Å². The van der Waals surface area contributed by atoms with Crippen LogP contribution in [-0.2, 0) is 4.79 Å². The molecule has 0 aromatic heterocycles. The molecule has 1 aromatic rings.